The molecule has 20 heavy (non-hydrogen) atoms. The Kier molecular flexibility index (Phi) is 6.26. The van der Waals surface area contributed by atoms with E-state index < -0.39 is 0 Å². The van der Waals surface area contributed by atoms with E-state index >= 15 is 0 Å². The fourth-order valence-corrected chi connectivity index (χ4v) is 2.60. The summed E-state index contributed by atoms with van der Waals surface area (Å²) in [6.45, 7) is 19.4. The van der Waals surface area contributed by atoms with Crippen LogP contribution in [0.15, 0.2) is 24.3 Å². The third-order valence-electron chi connectivity index (χ3n) is 3.47. The largest absolute Gasteiger partial charge is 0.299 e. The van der Waals surface area contributed by atoms with Gasteiger partial charge < -0.3 is 0 Å². The van der Waals surface area contributed by atoms with E-state index in [1.165, 1.54) is 24.2 Å². The molecule has 0 saturated heterocycles. The zero-order valence-corrected chi connectivity index (χ0v) is 14.5. The summed E-state index contributed by atoms with van der Waals surface area (Å²) in [6.07, 6.45) is 0. The average Bonchev–Trinajstić information content (AvgIpc) is 2.26. The van der Waals surface area contributed by atoms with Crippen molar-refractivity contribution in [3.63, 3.8) is 0 Å². The van der Waals surface area contributed by atoms with Gasteiger partial charge in [-0.2, -0.15) is 0 Å². The van der Waals surface area contributed by atoms with E-state index in [2.05, 4.69) is 77.6 Å². The molecule has 0 aliphatic carbocycles. The molecule has 0 aliphatic heterocycles. The maximum absolute atomic E-state index is 2.58. The van der Waals surface area contributed by atoms with E-state index in [0.717, 1.165) is 18.4 Å². The molecule has 0 aromatic heterocycles. The van der Waals surface area contributed by atoms with E-state index in [1.54, 1.807) is 0 Å². The quantitative estimate of drug-likeness (QED) is 0.698. The van der Waals surface area contributed by atoms with Gasteiger partial charge in [-0.05, 0) is 28.4 Å². The van der Waals surface area contributed by atoms with Gasteiger partial charge in [0.25, 0.3) is 0 Å². The van der Waals surface area contributed by atoms with Crippen molar-refractivity contribution in [2.75, 3.05) is 13.1 Å². The van der Waals surface area contributed by atoms with Crippen molar-refractivity contribution in [2.45, 2.75) is 60.4 Å². The first-order valence-corrected chi connectivity index (χ1v) is 8.00. The highest BCUT2D eigenvalue weighted by Gasteiger charge is 2.14. The zero-order chi connectivity index (χ0) is 15.3. The fourth-order valence-electron chi connectivity index (χ4n) is 2.60. The van der Waals surface area contributed by atoms with E-state index in [-0.39, 0.29) is 5.41 Å². The fraction of sp³-hybridized carbons (Fsp3) is 0.684. The Morgan fingerprint density at radius 2 is 1.30 bits per heavy atom. The van der Waals surface area contributed by atoms with Gasteiger partial charge in [-0.25, -0.2) is 0 Å². The molecule has 0 amide bonds. The van der Waals surface area contributed by atoms with Gasteiger partial charge in [0.05, 0.1) is 0 Å². The topological polar surface area (TPSA) is 3.24 Å². The lowest BCUT2D eigenvalue weighted by Gasteiger charge is -2.26. The van der Waals surface area contributed by atoms with Crippen LogP contribution in [0.1, 0.15) is 59.6 Å². The standard InChI is InChI=1S/C19H33N/c1-15(2)12-20(13-16(3)4)14-17-8-10-18(11-9-17)19(5,6)7/h8-11,15-16H,12-14H2,1-7H3. The van der Waals surface area contributed by atoms with Crippen LogP contribution in [-0.4, -0.2) is 18.0 Å². The first-order valence-electron chi connectivity index (χ1n) is 8.00. The Balaban J connectivity index is 2.73. The summed E-state index contributed by atoms with van der Waals surface area (Å²) in [6, 6.07) is 9.18. The lowest BCUT2D eigenvalue weighted by atomic mass is 9.87. The van der Waals surface area contributed by atoms with Gasteiger partial charge in [0.1, 0.15) is 0 Å². The Labute approximate surface area is 126 Å². The second-order valence-corrected chi connectivity index (χ2v) is 7.93. The van der Waals surface area contributed by atoms with E-state index in [4.69, 9.17) is 0 Å². The molecule has 114 valence electrons. The molecule has 0 heterocycles. The van der Waals surface area contributed by atoms with Crippen LogP contribution in [0.3, 0.4) is 0 Å². The van der Waals surface area contributed by atoms with Gasteiger partial charge in [-0.15, -0.1) is 0 Å². The molecular formula is C19H33N. The minimum Gasteiger partial charge on any atom is -0.299 e. The summed E-state index contributed by atoms with van der Waals surface area (Å²) in [5.41, 5.74) is 3.09. The van der Waals surface area contributed by atoms with Gasteiger partial charge in [0.2, 0.25) is 0 Å². The maximum atomic E-state index is 2.58. The highest BCUT2D eigenvalue weighted by molar-refractivity contribution is 5.27. The smallest absolute Gasteiger partial charge is 0.0233 e. The van der Waals surface area contributed by atoms with E-state index in [9.17, 15) is 0 Å². The second-order valence-electron chi connectivity index (χ2n) is 7.93. The van der Waals surface area contributed by atoms with E-state index in [1.807, 2.05) is 0 Å². The first-order chi connectivity index (χ1) is 9.18. The van der Waals surface area contributed by atoms with Crippen LogP contribution in [-0.2, 0) is 12.0 Å². The molecule has 0 bridgehead atoms. The second kappa shape index (κ2) is 7.26. The predicted molar refractivity (Wildman–Crippen MR) is 90.1 cm³/mol. The van der Waals surface area contributed by atoms with Crippen molar-refractivity contribution >= 4 is 0 Å². The number of nitrogens with zero attached hydrogens (tertiary/aromatic N) is 1. The highest BCUT2D eigenvalue weighted by atomic mass is 15.1. The molecule has 0 aliphatic rings. The summed E-state index contributed by atoms with van der Waals surface area (Å²) in [7, 11) is 0. The van der Waals surface area contributed by atoms with Crippen LogP contribution in [0.25, 0.3) is 0 Å². The summed E-state index contributed by atoms with van der Waals surface area (Å²) in [5.74, 6) is 1.45. The molecule has 0 N–H and O–H groups in total. The molecule has 1 aromatic rings. The van der Waals surface area contributed by atoms with Crippen molar-refractivity contribution in [3.8, 4) is 0 Å². The van der Waals surface area contributed by atoms with Crippen LogP contribution in [0.5, 0.6) is 0 Å². The molecule has 1 rings (SSSR count). The van der Waals surface area contributed by atoms with Gasteiger partial charge in [0.15, 0.2) is 0 Å². The third-order valence-corrected chi connectivity index (χ3v) is 3.47. The van der Waals surface area contributed by atoms with E-state index in [0.29, 0.717) is 0 Å². The molecule has 0 atom stereocenters. The Morgan fingerprint density at radius 3 is 1.65 bits per heavy atom. The van der Waals surface area contributed by atoms with Gasteiger partial charge >= 0.3 is 0 Å². The van der Waals surface area contributed by atoms with Crippen molar-refractivity contribution in [2.24, 2.45) is 11.8 Å². The highest BCUT2D eigenvalue weighted by Crippen LogP contribution is 2.22. The summed E-state index contributed by atoms with van der Waals surface area (Å²) in [4.78, 5) is 2.58. The van der Waals surface area contributed by atoms with Crippen LogP contribution in [0.2, 0.25) is 0 Å². The lowest BCUT2D eigenvalue weighted by molar-refractivity contribution is 0.211. The van der Waals surface area contributed by atoms with Crippen LogP contribution in [0.4, 0.5) is 0 Å². The summed E-state index contributed by atoms with van der Waals surface area (Å²) >= 11 is 0. The minimum absolute atomic E-state index is 0.244. The van der Waals surface area contributed by atoms with Crippen molar-refractivity contribution < 1.29 is 0 Å². The third kappa shape index (κ3) is 6.09. The van der Waals surface area contributed by atoms with Crippen LogP contribution >= 0.6 is 0 Å². The molecule has 0 saturated carbocycles. The SMILES string of the molecule is CC(C)CN(Cc1ccc(C(C)(C)C)cc1)CC(C)C. The molecule has 0 fully saturated rings. The minimum atomic E-state index is 0.244. The average molecular weight is 275 g/mol. The maximum Gasteiger partial charge on any atom is 0.0233 e. The Morgan fingerprint density at radius 1 is 0.850 bits per heavy atom. The Hall–Kier alpha value is -0.820. The Bertz CT molecular complexity index is 371. The molecule has 0 unspecified atom stereocenters. The molecule has 0 radical (unpaired) electrons. The summed E-state index contributed by atoms with van der Waals surface area (Å²) in [5, 5.41) is 0. The van der Waals surface area contributed by atoms with Crippen LogP contribution in [0, 0.1) is 11.8 Å². The molecule has 1 nitrogen and oxygen atoms in total. The first kappa shape index (κ1) is 17.2. The molecule has 1 aromatic carbocycles. The molecular weight excluding hydrogens is 242 g/mol. The normalized spacial score (nSPS) is 12.7. The number of hydrogen-bond acceptors (Lipinski definition) is 1. The lowest BCUT2D eigenvalue weighted by Crippen LogP contribution is -2.30. The zero-order valence-electron chi connectivity index (χ0n) is 14.5. The summed E-state index contributed by atoms with van der Waals surface area (Å²) < 4.78 is 0. The van der Waals surface area contributed by atoms with Gasteiger partial charge in [-0.3, -0.25) is 4.90 Å². The van der Waals surface area contributed by atoms with Crippen molar-refractivity contribution in [1.29, 1.82) is 0 Å². The monoisotopic (exact) mass is 275 g/mol. The number of hydrogen-bond donors (Lipinski definition) is 0. The van der Waals surface area contributed by atoms with Crippen molar-refractivity contribution in [1.82, 2.24) is 4.90 Å². The molecule has 1 heteroatoms. The van der Waals surface area contributed by atoms with Crippen molar-refractivity contribution in [3.05, 3.63) is 35.4 Å². The van der Waals surface area contributed by atoms with Gasteiger partial charge in [-0.1, -0.05) is 72.7 Å². The number of benzene rings is 1. The van der Waals surface area contributed by atoms with Crippen LogP contribution < -0.4 is 0 Å². The number of rotatable bonds is 6. The van der Waals surface area contributed by atoms with Gasteiger partial charge in [0, 0.05) is 19.6 Å². The molecule has 0 spiro atoms. The predicted octanol–water partition coefficient (Wildman–Crippen LogP) is 5.10.